The van der Waals surface area contributed by atoms with Gasteiger partial charge in [-0.1, -0.05) is 0 Å². The highest BCUT2D eigenvalue weighted by Crippen LogP contribution is 2.22. The normalized spacial score (nSPS) is 12.4. The molecule has 0 bridgehead atoms. The molecule has 4 heteroatoms. The summed E-state index contributed by atoms with van der Waals surface area (Å²) in [5.41, 5.74) is 7.37. The van der Waals surface area contributed by atoms with Crippen molar-refractivity contribution in [3.05, 3.63) is 23.8 Å². The van der Waals surface area contributed by atoms with Crippen molar-refractivity contribution in [3.8, 4) is 5.75 Å². The average Bonchev–Trinajstić information content (AvgIpc) is 2.27. The molecule has 1 aromatic carbocycles. The van der Waals surface area contributed by atoms with Gasteiger partial charge >= 0.3 is 0 Å². The lowest BCUT2D eigenvalue weighted by Gasteiger charge is -2.14. The Hall–Kier alpha value is -1.26. The minimum Gasteiger partial charge on any atom is -0.496 e. The van der Waals surface area contributed by atoms with E-state index in [1.165, 1.54) is 0 Å². The highest BCUT2D eigenvalue weighted by atomic mass is 16.5. The van der Waals surface area contributed by atoms with Crippen molar-refractivity contribution in [2.45, 2.75) is 19.6 Å². The lowest BCUT2D eigenvalue weighted by Crippen LogP contribution is -2.14. The van der Waals surface area contributed by atoms with Crippen molar-refractivity contribution >= 4 is 5.69 Å². The van der Waals surface area contributed by atoms with Crippen molar-refractivity contribution in [3.63, 3.8) is 0 Å². The molecule has 16 heavy (non-hydrogen) atoms. The summed E-state index contributed by atoms with van der Waals surface area (Å²) in [6, 6.07) is 5.51. The standard InChI is InChI=1S/C12H19NO3/c1-9(7-14-2)16-8-10-6-11(13)4-5-12(10)15-3/h4-6,9H,7-8,13H2,1-3H3. The van der Waals surface area contributed by atoms with Crippen molar-refractivity contribution in [1.82, 2.24) is 0 Å². The first-order valence-electron chi connectivity index (χ1n) is 5.20. The number of anilines is 1. The quantitative estimate of drug-likeness (QED) is 0.750. The lowest BCUT2D eigenvalue weighted by atomic mass is 10.2. The second kappa shape index (κ2) is 6.35. The van der Waals surface area contributed by atoms with Gasteiger partial charge in [0.05, 0.1) is 26.4 Å². The summed E-state index contributed by atoms with van der Waals surface area (Å²) in [7, 11) is 3.29. The molecule has 2 N–H and O–H groups in total. The third kappa shape index (κ3) is 3.72. The van der Waals surface area contributed by atoms with Crippen LogP contribution in [0.15, 0.2) is 18.2 Å². The van der Waals surface area contributed by atoms with Crippen LogP contribution in [0.25, 0.3) is 0 Å². The summed E-state index contributed by atoms with van der Waals surface area (Å²) in [5.74, 6) is 0.791. The molecule has 0 heterocycles. The predicted octanol–water partition coefficient (Wildman–Crippen LogP) is 1.83. The van der Waals surface area contributed by atoms with E-state index in [0.717, 1.165) is 11.3 Å². The monoisotopic (exact) mass is 225 g/mol. The zero-order chi connectivity index (χ0) is 12.0. The second-order valence-corrected chi connectivity index (χ2v) is 3.65. The zero-order valence-corrected chi connectivity index (χ0v) is 10.0. The van der Waals surface area contributed by atoms with Gasteiger partial charge in [-0.15, -0.1) is 0 Å². The van der Waals surface area contributed by atoms with Crippen molar-refractivity contribution in [1.29, 1.82) is 0 Å². The topological polar surface area (TPSA) is 53.7 Å². The van der Waals surface area contributed by atoms with Gasteiger partial charge in [0.25, 0.3) is 0 Å². The molecule has 0 aliphatic heterocycles. The maximum Gasteiger partial charge on any atom is 0.124 e. The highest BCUT2D eigenvalue weighted by Gasteiger charge is 2.06. The smallest absolute Gasteiger partial charge is 0.124 e. The number of hydrogen-bond donors (Lipinski definition) is 1. The van der Waals surface area contributed by atoms with Crippen molar-refractivity contribution in [2.75, 3.05) is 26.6 Å². The molecule has 0 fully saturated rings. The summed E-state index contributed by atoms with van der Waals surface area (Å²) in [4.78, 5) is 0. The van der Waals surface area contributed by atoms with Gasteiger partial charge in [-0.2, -0.15) is 0 Å². The van der Waals surface area contributed by atoms with Gasteiger partial charge in [-0.3, -0.25) is 0 Å². The number of rotatable bonds is 6. The summed E-state index contributed by atoms with van der Waals surface area (Å²) in [5, 5.41) is 0. The molecule has 1 unspecified atom stereocenters. The van der Waals surface area contributed by atoms with Crippen LogP contribution < -0.4 is 10.5 Å². The SMILES string of the molecule is COCC(C)OCc1cc(N)ccc1OC. The number of nitrogen functional groups attached to an aromatic ring is 1. The third-order valence-electron chi connectivity index (χ3n) is 2.23. The van der Waals surface area contributed by atoms with Gasteiger partial charge < -0.3 is 19.9 Å². The van der Waals surface area contributed by atoms with E-state index < -0.39 is 0 Å². The number of hydrogen-bond acceptors (Lipinski definition) is 4. The van der Waals surface area contributed by atoms with E-state index in [1.807, 2.05) is 19.1 Å². The average molecular weight is 225 g/mol. The minimum atomic E-state index is 0.0520. The van der Waals surface area contributed by atoms with Crippen molar-refractivity contribution < 1.29 is 14.2 Å². The summed E-state index contributed by atoms with van der Waals surface area (Å²) < 4.78 is 15.8. The van der Waals surface area contributed by atoms with Crippen LogP contribution in [0.5, 0.6) is 5.75 Å². The lowest BCUT2D eigenvalue weighted by molar-refractivity contribution is -0.000716. The van der Waals surface area contributed by atoms with Crippen molar-refractivity contribution in [2.24, 2.45) is 0 Å². The van der Waals surface area contributed by atoms with Crippen LogP contribution >= 0.6 is 0 Å². The molecule has 0 spiro atoms. The molecule has 1 atom stereocenters. The molecule has 90 valence electrons. The fourth-order valence-electron chi connectivity index (χ4n) is 1.43. The fraction of sp³-hybridized carbons (Fsp3) is 0.500. The van der Waals surface area contributed by atoms with E-state index in [2.05, 4.69) is 0 Å². The largest absolute Gasteiger partial charge is 0.496 e. The molecule has 1 rings (SSSR count). The van der Waals surface area contributed by atoms with E-state index in [4.69, 9.17) is 19.9 Å². The molecule has 0 radical (unpaired) electrons. The molecule has 0 saturated carbocycles. The van der Waals surface area contributed by atoms with E-state index >= 15 is 0 Å². The maximum absolute atomic E-state index is 5.71. The zero-order valence-electron chi connectivity index (χ0n) is 10.0. The van der Waals surface area contributed by atoms with Crippen LogP contribution in [0.1, 0.15) is 12.5 Å². The Bertz CT molecular complexity index is 328. The van der Waals surface area contributed by atoms with Gasteiger partial charge in [0.2, 0.25) is 0 Å². The maximum atomic E-state index is 5.71. The van der Waals surface area contributed by atoms with E-state index in [-0.39, 0.29) is 6.10 Å². The molecule has 0 amide bonds. The van der Waals surface area contributed by atoms with Gasteiger partial charge in [0.1, 0.15) is 5.75 Å². The van der Waals surface area contributed by atoms with Crippen LogP contribution in [0.3, 0.4) is 0 Å². The first-order chi connectivity index (χ1) is 7.67. The van der Waals surface area contributed by atoms with Crippen LogP contribution in [-0.2, 0) is 16.1 Å². The molecule has 0 aliphatic rings. The Balaban J connectivity index is 2.61. The Morgan fingerprint density at radius 3 is 2.69 bits per heavy atom. The summed E-state index contributed by atoms with van der Waals surface area (Å²) in [6.45, 7) is 3.01. The second-order valence-electron chi connectivity index (χ2n) is 3.65. The Morgan fingerprint density at radius 1 is 1.31 bits per heavy atom. The number of benzene rings is 1. The van der Waals surface area contributed by atoms with Crippen LogP contribution in [0.4, 0.5) is 5.69 Å². The first-order valence-corrected chi connectivity index (χ1v) is 5.20. The minimum absolute atomic E-state index is 0.0520. The number of methoxy groups -OCH3 is 2. The Morgan fingerprint density at radius 2 is 2.06 bits per heavy atom. The van der Waals surface area contributed by atoms with Gasteiger partial charge in [-0.05, 0) is 25.1 Å². The van der Waals surface area contributed by atoms with E-state index in [9.17, 15) is 0 Å². The molecular formula is C12H19NO3. The van der Waals surface area contributed by atoms with E-state index in [1.54, 1.807) is 20.3 Å². The van der Waals surface area contributed by atoms with Gasteiger partial charge in [0, 0.05) is 18.4 Å². The van der Waals surface area contributed by atoms with Crippen LogP contribution in [0.2, 0.25) is 0 Å². The van der Waals surface area contributed by atoms with Gasteiger partial charge in [0.15, 0.2) is 0 Å². The van der Waals surface area contributed by atoms with E-state index in [0.29, 0.717) is 18.9 Å². The molecule has 0 saturated heterocycles. The van der Waals surface area contributed by atoms with Crippen LogP contribution in [-0.4, -0.2) is 26.9 Å². The fourth-order valence-corrected chi connectivity index (χ4v) is 1.43. The first kappa shape index (κ1) is 12.8. The Labute approximate surface area is 96.3 Å². The van der Waals surface area contributed by atoms with Crippen LogP contribution in [0, 0.1) is 0 Å². The summed E-state index contributed by atoms with van der Waals surface area (Å²) >= 11 is 0. The predicted molar refractivity (Wildman–Crippen MR) is 63.5 cm³/mol. The highest BCUT2D eigenvalue weighted by molar-refractivity contribution is 5.47. The summed E-state index contributed by atoms with van der Waals surface area (Å²) in [6.07, 6.45) is 0.0520. The molecule has 1 aromatic rings. The number of ether oxygens (including phenoxy) is 3. The number of nitrogens with two attached hydrogens (primary N) is 1. The Kier molecular flexibility index (Phi) is 5.08. The molecule has 0 aromatic heterocycles. The van der Waals surface area contributed by atoms with Gasteiger partial charge in [-0.25, -0.2) is 0 Å². The molecule has 0 aliphatic carbocycles. The molecule has 4 nitrogen and oxygen atoms in total. The third-order valence-corrected chi connectivity index (χ3v) is 2.23. The molecular weight excluding hydrogens is 206 g/mol.